The predicted octanol–water partition coefficient (Wildman–Crippen LogP) is 2.31. The summed E-state index contributed by atoms with van der Waals surface area (Å²) in [5.41, 5.74) is 0.477. The molecular weight excluding hydrogens is 191 g/mol. The molecule has 0 atom stereocenters. The molecule has 0 fully saturated rings. The standard InChI is InChI=1S/C9H6ClFN2/c1-13-9(10)7-3-2-6(5-12)4-8(7)11/h2-4H,1H3. The van der Waals surface area contributed by atoms with Gasteiger partial charge in [-0.15, -0.1) is 0 Å². The quantitative estimate of drug-likeness (QED) is 0.635. The monoisotopic (exact) mass is 196 g/mol. The van der Waals surface area contributed by atoms with Gasteiger partial charge in [-0.25, -0.2) is 4.39 Å². The number of halogens is 2. The lowest BCUT2D eigenvalue weighted by Gasteiger charge is -1.99. The molecule has 2 nitrogen and oxygen atoms in total. The average Bonchev–Trinajstić information content (AvgIpc) is 2.16. The number of nitriles is 1. The van der Waals surface area contributed by atoms with E-state index >= 15 is 0 Å². The number of nitrogens with zero attached hydrogens (tertiary/aromatic N) is 2. The van der Waals surface area contributed by atoms with Gasteiger partial charge in [0.05, 0.1) is 11.6 Å². The van der Waals surface area contributed by atoms with Crippen molar-refractivity contribution in [3.05, 3.63) is 35.1 Å². The number of hydrogen-bond acceptors (Lipinski definition) is 2. The number of rotatable bonds is 1. The van der Waals surface area contributed by atoms with E-state index in [0.29, 0.717) is 0 Å². The minimum absolute atomic E-state index is 0.0991. The van der Waals surface area contributed by atoms with Crippen molar-refractivity contribution < 1.29 is 4.39 Å². The first-order chi connectivity index (χ1) is 6.19. The Morgan fingerprint density at radius 2 is 2.31 bits per heavy atom. The molecule has 1 aromatic carbocycles. The van der Waals surface area contributed by atoms with E-state index in [2.05, 4.69) is 4.99 Å². The Morgan fingerprint density at radius 1 is 1.62 bits per heavy atom. The van der Waals surface area contributed by atoms with E-state index in [1.807, 2.05) is 6.07 Å². The summed E-state index contributed by atoms with van der Waals surface area (Å²) in [7, 11) is 1.47. The van der Waals surface area contributed by atoms with Crippen LogP contribution in [-0.4, -0.2) is 12.2 Å². The van der Waals surface area contributed by atoms with Gasteiger partial charge in [-0.2, -0.15) is 5.26 Å². The van der Waals surface area contributed by atoms with Gasteiger partial charge in [-0.1, -0.05) is 11.6 Å². The van der Waals surface area contributed by atoms with Crippen molar-refractivity contribution in [1.29, 1.82) is 5.26 Å². The lowest BCUT2D eigenvalue weighted by molar-refractivity contribution is 0.625. The minimum atomic E-state index is -0.533. The number of aliphatic imine (C=N–C) groups is 1. The van der Waals surface area contributed by atoms with Crippen LogP contribution in [0.25, 0.3) is 0 Å². The summed E-state index contributed by atoms with van der Waals surface area (Å²) >= 11 is 5.62. The Labute approximate surface area is 80.3 Å². The van der Waals surface area contributed by atoms with Crippen LogP contribution < -0.4 is 0 Å². The highest BCUT2D eigenvalue weighted by Crippen LogP contribution is 2.12. The van der Waals surface area contributed by atoms with Crippen LogP contribution in [0, 0.1) is 17.1 Å². The second-order valence-corrected chi connectivity index (χ2v) is 2.68. The Kier molecular flexibility index (Phi) is 2.99. The van der Waals surface area contributed by atoms with E-state index < -0.39 is 5.82 Å². The third-order valence-electron chi connectivity index (χ3n) is 1.52. The third kappa shape index (κ3) is 2.04. The maximum atomic E-state index is 13.2. The zero-order chi connectivity index (χ0) is 9.84. The van der Waals surface area contributed by atoms with E-state index in [0.717, 1.165) is 6.07 Å². The Bertz CT molecular complexity index is 393. The molecule has 0 bridgehead atoms. The summed E-state index contributed by atoms with van der Waals surface area (Å²) in [5.74, 6) is -0.533. The average molecular weight is 197 g/mol. The van der Waals surface area contributed by atoms with Gasteiger partial charge in [-0.3, -0.25) is 4.99 Å². The van der Waals surface area contributed by atoms with E-state index in [1.54, 1.807) is 0 Å². The summed E-state index contributed by atoms with van der Waals surface area (Å²) in [6, 6.07) is 5.88. The molecule has 13 heavy (non-hydrogen) atoms. The van der Waals surface area contributed by atoms with E-state index in [-0.39, 0.29) is 16.3 Å². The zero-order valence-corrected chi connectivity index (χ0v) is 7.64. The Hall–Kier alpha value is -1.40. The molecule has 66 valence electrons. The Morgan fingerprint density at radius 3 is 2.77 bits per heavy atom. The predicted molar refractivity (Wildman–Crippen MR) is 49.4 cm³/mol. The highest BCUT2D eigenvalue weighted by molar-refractivity contribution is 6.69. The molecule has 0 aliphatic heterocycles. The van der Waals surface area contributed by atoms with E-state index in [9.17, 15) is 4.39 Å². The van der Waals surface area contributed by atoms with Gasteiger partial charge in [0.25, 0.3) is 0 Å². The maximum Gasteiger partial charge on any atom is 0.134 e. The maximum absolute atomic E-state index is 13.2. The number of benzene rings is 1. The van der Waals surface area contributed by atoms with Crippen LogP contribution in [0.1, 0.15) is 11.1 Å². The van der Waals surface area contributed by atoms with Crippen molar-refractivity contribution in [3.8, 4) is 6.07 Å². The SMILES string of the molecule is CN=C(Cl)c1ccc(C#N)cc1F. The highest BCUT2D eigenvalue weighted by Gasteiger charge is 2.06. The topological polar surface area (TPSA) is 36.1 Å². The molecule has 1 aromatic rings. The van der Waals surface area contributed by atoms with Crippen LogP contribution in [0.4, 0.5) is 4.39 Å². The fraction of sp³-hybridized carbons (Fsp3) is 0.111. The molecule has 0 amide bonds. The second kappa shape index (κ2) is 4.01. The molecule has 0 N–H and O–H groups in total. The summed E-state index contributed by atoms with van der Waals surface area (Å²) in [5, 5.41) is 8.57. The van der Waals surface area contributed by atoms with Crippen molar-refractivity contribution in [3.63, 3.8) is 0 Å². The summed E-state index contributed by atoms with van der Waals surface area (Å²) in [6.45, 7) is 0. The molecule has 0 unspecified atom stereocenters. The second-order valence-electron chi connectivity index (χ2n) is 2.32. The summed E-state index contributed by atoms with van der Waals surface area (Å²) < 4.78 is 13.2. The summed E-state index contributed by atoms with van der Waals surface area (Å²) in [6.07, 6.45) is 0. The fourth-order valence-corrected chi connectivity index (χ4v) is 1.03. The van der Waals surface area contributed by atoms with Gasteiger partial charge in [0.15, 0.2) is 0 Å². The van der Waals surface area contributed by atoms with Gasteiger partial charge in [0.2, 0.25) is 0 Å². The lowest BCUT2D eigenvalue weighted by Crippen LogP contribution is -1.96. The molecule has 0 aromatic heterocycles. The molecule has 0 saturated heterocycles. The van der Waals surface area contributed by atoms with E-state index in [1.165, 1.54) is 19.2 Å². The largest absolute Gasteiger partial charge is 0.276 e. The molecule has 0 radical (unpaired) electrons. The van der Waals surface area contributed by atoms with Crippen LogP contribution in [-0.2, 0) is 0 Å². The molecule has 0 saturated carbocycles. The van der Waals surface area contributed by atoms with Crippen molar-refractivity contribution in [1.82, 2.24) is 0 Å². The first kappa shape index (κ1) is 9.69. The van der Waals surface area contributed by atoms with Gasteiger partial charge < -0.3 is 0 Å². The van der Waals surface area contributed by atoms with Crippen molar-refractivity contribution >= 4 is 16.8 Å². The molecule has 0 heterocycles. The molecule has 0 aliphatic rings. The van der Waals surface area contributed by atoms with Gasteiger partial charge in [-0.05, 0) is 18.2 Å². The first-order valence-corrected chi connectivity index (χ1v) is 3.89. The van der Waals surface area contributed by atoms with E-state index in [4.69, 9.17) is 16.9 Å². The smallest absolute Gasteiger partial charge is 0.134 e. The van der Waals surface area contributed by atoms with Crippen LogP contribution in [0.5, 0.6) is 0 Å². The molecule has 1 rings (SSSR count). The molecule has 0 aliphatic carbocycles. The summed E-state index contributed by atoms with van der Waals surface area (Å²) in [4.78, 5) is 3.63. The Balaban J connectivity index is 3.22. The van der Waals surface area contributed by atoms with Crippen molar-refractivity contribution in [2.45, 2.75) is 0 Å². The van der Waals surface area contributed by atoms with Crippen LogP contribution >= 0.6 is 11.6 Å². The first-order valence-electron chi connectivity index (χ1n) is 3.51. The van der Waals surface area contributed by atoms with Gasteiger partial charge in [0, 0.05) is 12.6 Å². The molecule has 4 heteroatoms. The zero-order valence-electron chi connectivity index (χ0n) is 6.88. The van der Waals surface area contributed by atoms with Crippen molar-refractivity contribution in [2.24, 2.45) is 4.99 Å². The van der Waals surface area contributed by atoms with Crippen LogP contribution in [0.15, 0.2) is 23.2 Å². The third-order valence-corrected chi connectivity index (χ3v) is 1.89. The fourth-order valence-electron chi connectivity index (χ4n) is 0.872. The minimum Gasteiger partial charge on any atom is -0.276 e. The van der Waals surface area contributed by atoms with Crippen LogP contribution in [0.3, 0.4) is 0 Å². The number of hydrogen-bond donors (Lipinski definition) is 0. The lowest BCUT2D eigenvalue weighted by atomic mass is 10.1. The van der Waals surface area contributed by atoms with Gasteiger partial charge in [0.1, 0.15) is 11.0 Å². The molecular formula is C9H6ClFN2. The highest BCUT2D eigenvalue weighted by atomic mass is 35.5. The van der Waals surface area contributed by atoms with Crippen LogP contribution in [0.2, 0.25) is 0 Å². The van der Waals surface area contributed by atoms with Crippen molar-refractivity contribution in [2.75, 3.05) is 7.05 Å². The van der Waals surface area contributed by atoms with Gasteiger partial charge >= 0.3 is 0 Å². The normalized spacial score (nSPS) is 11.1. The molecule has 0 spiro atoms.